The Kier molecular flexibility index (Phi) is 3.73. The van der Waals surface area contributed by atoms with Crippen LogP contribution in [0.5, 0.6) is 0 Å². The molecule has 2 aromatic carbocycles. The lowest BCUT2D eigenvalue weighted by Crippen LogP contribution is -2.39. The van der Waals surface area contributed by atoms with E-state index in [1.807, 2.05) is 18.2 Å². The van der Waals surface area contributed by atoms with E-state index in [1.165, 1.54) is 4.57 Å². The normalized spacial score (nSPS) is 15.0. The lowest BCUT2D eigenvalue weighted by atomic mass is 10.0. The first-order chi connectivity index (χ1) is 12.4. The van der Waals surface area contributed by atoms with Crippen molar-refractivity contribution in [1.29, 1.82) is 0 Å². The molecular formula is C19H16ClN3O3. The Balaban J connectivity index is 1.66. The highest BCUT2D eigenvalue weighted by Crippen LogP contribution is 2.49. The molecule has 0 radical (unpaired) electrons. The van der Waals surface area contributed by atoms with Crippen LogP contribution in [0.15, 0.2) is 57.0 Å². The zero-order valence-corrected chi connectivity index (χ0v) is 14.8. The molecule has 4 rings (SSSR count). The van der Waals surface area contributed by atoms with Gasteiger partial charge >= 0.3 is 0 Å². The number of halogens is 1. The number of hydrogen-bond acceptors (Lipinski definition) is 5. The molecule has 1 saturated carbocycles. The van der Waals surface area contributed by atoms with E-state index >= 15 is 0 Å². The van der Waals surface area contributed by atoms with E-state index in [4.69, 9.17) is 11.6 Å². The average molecular weight is 370 g/mol. The molecule has 132 valence electrons. The van der Waals surface area contributed by atoms with Crippen LogP contribution in [-0.4, -0.2) is 4.57 Å². The zero-order valence-electron chi connectivity index (χ0n) is 14.0. The fourth-order valence-corrected chi connectivity index (χ4v) is 3.28. The molecule has 0 atom stereocenters. The van der Waals surface area contributed by atoms with Gasteiger partial charge in [0.25, 0.3) is 16.4 Å². The number of nitrogens with zero attached hydrogens (tertiary/aromatic N) is 1. The lowest BCUT2D eigenvalue weighted by molar-refractivity contribution is 0.804. The summed E-state index contributed by atoms with van der Waals surface area (Å²) in [5.74, 6) is 0. The zero-order chi connectivity index (χ0) is 18.5. The summed E-state index contributed by atoms with van der Waals surface area (Å²) in [6.45, 7) is 0. The predicted molar refractivity (Wildman–Crippen MR) is 102 cm³/mol. The first-order valence-electron chi connectivity index (χ1n) is 8.21. The molecule has 2 N–H and O–H groups in total. The van der Waals surface area contributed by atoms with Gasteiger partial charge in [0.15, 0.2) is 0 Å². The van der Waals surface area contributed by atoms with Gasteiger partial charge in [0.05, 0.1) is 5.54 Å². The number of rotatable bonds is 5. The molecule has 1 aliphatic rings. The third-order valence-corrected chi connectivity index (χ3v) is 5.02. The van der Waals surface area contributed by atoms with Gasteiger partial charge in [0, 0.05) is 18.3 Å². The topological polar surface area (TPSA) is 80.2 Å². The third kappa shape index (κ3) is 2.63. The van der Waals surface area contributed by atoms with E-state index < -0.39 is 16.4 Å². The maximum absolute atomic E-state index is 12.1. The Bertz CT molecular complexity index is 1140. The number of aryl methyl sites for hydroxylation is 1. The molecule has 0 aliphatic heterocycles. The van der Waals surface area contributed by atoms with Crippen LogP contribution >= 0.6 is 11.6 Å². The van der Waals surface area contributed by atoms with Crippen LogP contribution in [0.25, 0.3) is 0 Å². The van der Waals surface area contributed by atoms with Crippen LogP contribution in [0.4, 0.5) is 17.1 Å². The van der Waals surface area contributed by atoms with Gasteiger partial charge in [-0.15, -0.1) is 0 Å². The first-order valence-corrected chi connectivity index (χ1v) is 8.59. The molecule has 1 aliphatic carbocycles. The maximum atomic E-state index is 12.1. The smallest absolute Gasteiger partial charge is 0.273 e. The van der Waals surface area contributed by atoms with Crippen LogP contribution < -0.4 is 27.1 Å². The predicted octanol–water partition coefficient (Wildman–Crippen LogP) is 2.48. The van der Waals surface area contributed by atoms with Crippen molar-refractivity contribution in [2.24, 2.45) is 7.05 Å². The van der Waals surface area contributed by atoms with Crippen molar-refractivity contribution in [3.63, 3.8) is 0 Å². The molecule has 0 unspecified atom stereocenters. The van der Waals surface area contributed by atoms with Crippen LogP contribution in [-0.2, 0) is 12.6 Å². The molecule has 6 nitrogen and oxygen atoms in total. The van der Waals surface area contributed by atoms with Crippen molar-refractivity contribution in [2.75, 3.05) is 10.6 Å². The summed E-state index contributed by atoms with van der Waals surface area (Å²) in [5.41, 5.74) is -0.302. The van der Waals surface area contributed by atoms with E-state index in [0.29, 0.717) is 5.02 Å². The number of hydrogen-bond donors (Lipinski definition) is 2. The molecule has 7 heteroatoms. The molecule has 26 heavy (non-hydrogen) atoms. The molecule has 0 bridgehead atoms. The van der Waals surface area contributed by atoms with Crippen LogP contribution in [0.3, 0.4) is 0 Å². The molecule has 1 aromatic heterocycles. The first kappa shape index (κ1) is 16.6. The van der Waals surface area contributed by atoms with Crippen molar-refractivity contribution in [1.82, 2.24) is 4.57 Å². The van der Waals surface area contributed by atoms with Gasteiger partial charge in [0.2, 0.25) is 0 Å². The fraction of sp³-hybridized carbons (Fsp3) is 0.211. The second kappa shape index (κ2) is 5.85. The van der Waals surface area contributed by atoms with Gasteiger partial charge < -0.3 is 15.2 Å². The van der Waals surface area contributed by atoms with E-state index in [-0.39, 0.29) is 22.6 Å². The summed E-state index contributed by atoms with van der Waals surface area (Å²) in [5, 5.41) is 6.65. The Morgan fingerprint density at radius 3 is 2.46 bits per heavy atom. The summed E-state index contributed by atoms with van der Waals surface area (Å²) in [6, 6.07) is 10.7. The Morgan fingerprint density at radius 2 is 1.77 bits per heavy atom. The van der Waals surface area contributed by atoms with Gasteiger partial charge in [-0.3, -0.25) is 14.4 Å². The van der Waals surface area contributed by atoms with Gasteiger partial charge in [-0.25, -0.2) is 0 Å². The number of anilines is 3. The molecule has 1 heterocycles. The lowest BCUT2D eigenvalue weighted by Gasteiger charge is -2.22. The van der Waals surface area contributed by atoms with Crippen molar-refractivity contribution in [3.05, 3.63) is 84.0 Å². The molecular weight excluding hydrogens is 354 g/mol. The van der Waals surface area contributed by atoms with Crippen molar-refractivity contribution >= 4 is 28.7 Å². The monoisotopic (exact) mass is 369 g/mol. The largest absolute Gasteiger partial charge is 0.370 e. The van der Waals surface area contributed by atoms with Gasteiger partial charge in [-0.1, -0.05) is 23.7 Å². The number of pyridine rings is 1. The Hall–Kier alpha value is -2.86. The van der Waals surface area contributed by atoms with Crippen molar-refractivity contribution in [2.45, 2.75) is 18.4 Å². The Morgan fingerprint density at radius 1 is 1.04 bits per heavy atom. The minimum atomic E-state index is -0.625. The summed E-state index contributed by atoms with van der Waals surface area (Å²) in [4.78, 5) is 36.3. The standard InChI is InChI=1S/C19H16ClN3O3/c1-23-9-3-6-13(18(23)26)21-14-15(17(25)16(14)24)22-19(7-8-19)11-4-2-5-12(20)10-11/h2-6,9-10,21-22H,7-8H2,1H3. The Labute approximate surface area is 153 Å². The van der Waals surface area contributed by atoms with Crippen LogP contribution in [0.1, 0.15) is 18.4 Å². The van der Waals surface area contributed by atoms with Crippen LogP contribution in [0.2, 0.25) is 5.02 Å². The average Bonchev–Trinajstić information content (AvgIpc) is 3.42. The fourth-order valence-electron chi connectivity index (χ4n) is 3.09. The summed E-state index contributed by atoms with van der Waals surface area (Å²) < 4.78 is 1.40. The highest BCUT2D eigenvalue weighted by atomic mass is 35.5. The summed E-state index contributed by atoms with van der Waals surface area (Å²) in [7, 11) is 1.62. The van der Waals surface area contributed by atoms with Gasteiger partial charge in [-0.2, -0.15) is 0 Å². The second-order valence-electron chi connectivity index (χ2n) is 6.59. The minimum absolute atomic E-state index is 0.131. The summed E-state index contributed by atoms with van der Waals surface area (Å²) in [6.07, 6.45) is 3.28. The van der Waals surface area contributed by atoms with Gasteiger partial charge in [-0.05, 0) is 42.7 Å². The molecule has 0 spiro atoms. The van der Waals surface area contributed by atoms with E-state index in [0.717, 1.165) is 18.4 Å². The quantitative estimate of drug-likeness (QED) is 0.675. The second-order valence-corrected chi connectivity index (χ2v) is 7.03. The van der Waals surface area contributed by atoms with E-state index in [9.17, 15) is 14.4 Å². The van der Waals surface area contributed by atoms with Crippen molar-refractivity contribution in [3.8, 4) is 0 Å². The molecule has 0 saturated heterocycles. The number of benzene rings is 1. The third-order valence-electron chi connectivity index (χ3n) is 4.78. The maximum Gasteiger partial charge on any atom is 0.273 e. The SMILES string of the molecule is Cn1cccc(Nc2c(NC3(c4cccc(Cl)c4)CC3)c(=O)c2=O)c1=O. The highest BCUT2D eigenvalue weighted by molar-refractivity contribution is 6.30. The number of nitrogens with one attached hydrogen (secondary N) is 2. The van der Waals surface area contributed by atoms with E-state index in [2.05, 4.69) is 10.6 Å². The minimum Gasteiger partial charge on any atom is -0.370 e. The summed E-state index contributed by atoms with van der Waals surface area (Å²) >= 11 is 6.07. The number of aromatic nitrogens is 1. The van der Waals surface area contributed by atoms with E-state index in [1.54, 1.807) is 31.4 Å². The molecule has 3 aromatic rings. The highest BCUT2D eigenvalue weighted by Gasteiger charge is 2.46. The van der Waals surface area contributed by atoms with Crippen LogP contribution in [0, 0.1) is 0 Å². The molecule has 1 fully saturated rings. The molecule has 0 amide bonds. The van der Waals surface area contributed by atoms with Crippen molar-refractivity contribution < 1.29 is 0 Å². The van der Waals surface area contributed by atoms with Gasteiger partial charge in [0.1, 0.15) is 17.1 Å².